The second kappa shape index (κ2) is 5.33. The van der Waals surface area contributed by atoms with E-state index >= 15 is 0 Å². The normalized spacial score (nSPS) is 10.1. The van der Waals surface area contributed by atoms with Crippen LogP contribution in [-0.2, 0) is 5.11 Å². The first-order valence-corrected chi connectivity index (χ1v) is 5.27. The molecule has 0 unspecified atom stereocenters. The van der Waals surface area contributed by atoms with E-state index in [2.05, 4.69) is 0 Å². The van der Waals surface area contributed by atoms with Crippen LogP contribution in [0.4, 0.5) is 0 Å². The van der Waals surface area contributed by atoms with Gasteiger partial charge < -0.3 is 4.74 Å². The summed E-state index contributed by atoms with van der Waals surface area (Å²) >= 11 is 0. The van der Waals surface area contributed by atoms with E-state index in [0.717, 1.165) is 16.9 Å². The fourth-order valence-electron chi connectivity index (χ4n) is 1.60. The molecule has 16 heavy (non-hydrogen) atoms. The second-order valence-electron chi connectivity index (χ2n) is 3.41. The van der Waals surface area contributed by atoms with Crippen molar-refractivity contribution >= 4 is 0 Å². The summed E-state index contributed by atoms with van der Waals surface area (Å²) in [5.74, 6) is 0.768. The Labute approximate surface area is 95.1 Å². The lowest BCUT2D eigenvalue weighted by Gasteiger charge is -2.10. The Hall–Kier alpha value is -1.80. The zero-order valence-corrected chi connectivity index (χ0v) is 8.93. The summed E-state index contributed by atoms with van der Waals surface area (Å²) in [5, 5.41) is 10.4. The Balaban J connectivity index is 2.33. The maximum Gasteiger partial charge on any atom is 0.127 e. The molecule has 0 aliphatic carbocycles. The quantitative estimate of drug-likeness (QED) is 0.767. The summed E-state index contributed by atoms with van der Waals surface area (Å²) in [6.07, 6.45) is 0. The van der Waals surface area contributed by atoms with Gasteiger partial charge in [0.2, 0.25) is 0 Å². The maximum atomic E-state index is 10.4. The third kappa shape index (κ3) is 2.41. The standard InChI is InChI=1S/C14H13O2/c15-10-11-16-14-9-5-4-8-13(14)12-6-2-1-3-7-12/h1-9H,10-11H2. The zero-order valence-electron chi connectivity index (χ0n) is 8.93. The predicted octanol–water partition coefficient (Wildman–Crippen LogP) is 3.16. The molecule has 0 saturated heterocycles. The highest BCUT2D eigenvalue weighted by atomic mass is 16.5. The van der Waals surface area contributed by atoms with Gasteiger partial charge >= 0.3 is 0 Å². The first-order chi connectivity index (χ1) is 7.92. The van der Waals surface area contributed by atoms with Crippen molar-refractivity contribution in [2.45, 2.75) is 0 Å². The molecule has 0 N–H and O–H groups in total. The molecule has 0 fully saturated rings. The summed E-state index contributed by atoms with van der Waals surface area (Å²) in [7, 11) is 0. The Morgan fingerprint density at radius 2 is 1.56 bits per heavy atom. The van der Waals surface area contributed by atoms with E-state index in [1.54, 1.807) is 0 Å². The molecule has 0 aliphatic rings. The lowest BCUT2D eigenvalue weighted by atomic mass is 10.1. The molecule has 0 bridgehead atoms. The molecule has 0 aliphatic heterocycles. The van der Waals surface area contributed by atoms with Crippen LogP contribution in [0.15, 0.2) is 54.6 Å². The van der Waals surface area contributed by atoms with Crippen LogP contribution < -0.4 is 4.74 Å². The van der Waals surface area contributed by atoms with Crippen molar-refractivity contribution in [3.8, 4) is 16.9 Å². The van der Waals surface area contributed by atoms with Crippen LogP contribution in [0.3, 0.4) is 0 Å². The summed E-state index contributed by atoms with van der Waals surface area (Å²) in [5.41, 5.74) is 2.13. The highest BCUT2D eigenvalue weighted by molar-refractivity contribution is 5.70. The van der Waals surface area contributed by atoms with E-state index < -0.39 is 0 Å². The molecule has 2 aromatic carbocycles. The van der Waals surface area contributed by atoms with E-state index in [0.29, 0.717) is 0 Å². The Bertz CT molecular complexity index is 437. The van der Waals surface area contributed by atoms with Crippen molar-refractivity contribution in [2.24, 2.45) is 0 Å². The number of hydrogen-bond acceptors (Lipinski definition) is 1. The third-order valence-electron chi connectivity index (χ3n) is 2.31. The van der Waals surface area contributed by atoms with Crippen molar-refractivity contribution in [1.29, 1.82) is 0 Å². The molecule has 2 heteroatoms. The summed E-state index contributed by atoms with van der Waals surface area (Å²) in [6, 6.07) is 17.8. The lowest BCUT2D eigenvalue weighted by molar-refractivity contribution is 0.138. The maximum absolute atomic E-state index is 10.4. The predicted molar refractivity (Wildman–Crippen MR) is 62.9 cm³/mol. The van der Waals surface area contributed by atoms with E-state index in [1.807, 2.05) is 54.6 Å². The van der Waals surface area contributed by atoms with Crippen LogP contribution in [0.5, 0.6) is 5.75 Å². The van der Waals surface area contributed by atoms with Gasteiger partial charge in [0.25, 0.3) is 0 Å². The molecule has 0 heterocycles. The van der Waals surface area contributed by atoms with Crippen molar-refractivity contribution in [2.75, 3.05) is 13.2 Å². The van der Waals surface area contributed by atoms with Crippen molar-refractivity contribution < 1.29 is 9.84 Å². The minimum atomic E-state index is -0.219. The molecule has 0 atom stereocenters. The van der Waals surface area contributed by atoms with E-state index in [4.69, 9.17) is 4.74 Å². The molecule has 2 rings (SSSR count). The van der Waals surface area contributed by atoms with Gasteiger partial charge in [0.1, 0.15) is 19.0 Å². The van der Waals surface area contributed by atoms with Crippen molar-refractivity contribution in [1.82, 2.24) is 0 Å². The highest BCUT2D eigenvalue weighted by Crippen LogP contribution is 2.29. The van der Waals surface area contributed by atoms with Gasteiger partial charge in [-0.25, -0.2) is 5.11 Å². The molecule has 81 valence electrons. The minimum absolute atomic E-state index is 0.212. The zero-order chi connectivity index (χ0) is 11.2. The number of para-hydroxylation sites is 1. The largest absolute Gasteiger partial charge is 0.490 e. The van der Waals surface area contributed by atoms with Crippen LogP contribution in [0, 0.1) is 0 Å². The Morgan fingerprint density at radius 1 is 0.875 bits per heavy atom. The lowest BCUT2D eigenvalue weighted by Crippen LogP contribution is -2.01. The average Bonchev–Trinajstić information content (AvgIpc) is 2.38. The number of rotatable bonds is 4. The average molecular weight is 213 g/mol. The summed E-state index contributed by atoms with van der Waals surface area (Å²) in [6.45, 7) is -0.00697. The SMILES string of the molecule is [O]CCOc1ccccc1-c1ccccc1. The molecule has 0 amide bonds. The molecule has 2 nitrogen and oxygen atoms in total. The topological polar surface area (TPSA) is 29.1 Å². The summed E-state index contributed by atoms with van der Waals surface area (Å²) in [4.78, 5) is 0. The second-order valence-corrected chi connectivity index (χ2v) is 3.41. The van der Waals surface area contributed by atoms with Crippen LogP contribution in [0.1, 0.15) is 0 Å². The van der Waals surface area contributed by atoms with Crippen LogP contribution >= 0.6 is 0 Å². The van der Waals surface area contributed by atoms with Gasteiger partial charge in [0.05, 0.1) is 0 Å². The molecule has 0 spiro atoms. The molecule has 0 saturated carbocycles. The van der Waals surface area contributed by atoms with E-state index in [1.165, 1.54) is 0 Å². The first-order valence-electron chi connectivity index (χ1n) is 5.27. The van der Waals surface area contributed by atoms with Crippen LogP contribution in [0.2, 0.25) is 0 Å². The van der Waals surface area contributed by atoms with Crippen molar-refractivity contribution in [3.63, 3.8) is 0 Å². The summed E-state index contributed by atoms with van der Waals surface area (Å²) < 4.78 is 5.43. The number of ether oxygens (including phenoxy) is 1. The molecular formula is C14H13O2. The number of benzene rings is 2. The Morgan fingerprint density at radius 3 is 2.31 bits per heavy atom. The Kier molecular flexibility index (Phi) is 3.57. The van der Waals surface area contributed by atoms with E-state index in [9.17, 15) is 5.11 Å². The minimum Gasteiger partial charge on any atom is -0.490 e. The van der Waals surface area contributed by atoms with Gasteiger partial charge in [-0.1, -0.05) is 48.5 Å². The molecule has 0 aromatic heterocycles. The molecular weight excluding hydrogens is 200 g/mol. The first kappa shape index (κ1) is 10.7. The van der Waals surface area contributed by atoms with E-state index in [-0.39, 0.29) is 13.2 Å². The van der Waals surface area contributed by atoms with Gasteiger partial charge in [0.15, 0.2) is 0 Å². The van der Waals surface area contributed by atoms with Gasteiger partial charge in [-0.2, -0.15) is 0 Å². The smallest absolute Gasteiger partial charge is 0.127 e. The fraction of sp³-hybridized carbons (Fsp3) is 0.143. The monoisotopic (exact) mass is 213 g/mol. The number of hydrogen-bond donors (Lipinski definition) is 0. The third-order valence-corrected chi connectivity index (χ3v) is 2.31. The van der Waals surface area contributed by atoms with Crippen LogP contribution in [-0.4, -0.2) is 13.2 Å². The van der Waals surface area contributed by atoms with Crippen molar-refractivity contribution in [3.05, 3.63) is 54.6 Å². The fourth-order valence-corrected chi connectivity index (χ4v) is 1.60. The molecule has 1 radical (unpaired) electrons. The van der Waals surface area contributed by atoms with Crippen LogP contribution in [0.25, 0.3) is 11.1 Å². The van der Waals surface area contributed by atoms with Gasteiger partial charge in [-0.15, -0.1) is 0 Å². The molecule has 2 aromatic rings. The van der Waals surface area contributed by atoms with Gasteiger partial charge in [-0.3, -0.25) is 0 Å². The van der Waals surface area contributed by atoms with Gasteiger partial charge in [0, 0.05) is 5.56 Å². The highest BCUT2D eigenvalue weighted by Gasteiger charge is 2.04. The van der Waals surface area contributed by atoms with Gasteiger partial charge in [-0.05, 0) is 11.6 Å².